The molecular formula is C16H16BrN3O3. The van der Waals surface area contributed by atoms with Crippen LogP contribution in [0, 0.1) is 5.92 Å². The fourth-order valence-corrected chi connectivity index (χ4v) is 2.36. The Morgan fingerprint density at radius 3 is 2.87 bits per heavy atom. The molecule has 0 atom stereocenters. The summed E-state index contributed by atoms with van der Waals surface area (Å²) >= 11 is 3.39. The lowest BCUT2D eigenvalue weighted by atomic mass is 10.1. The van der Waals surface area contributed by atoms with Gasteiger partial charge in [-0.05, 0) is 24.3 Å². The molecule has 1 aromatic carbocycles. The summed E-state index contributed by atoms with van der Waals surface area (Å²) in [7, 11) is 0. The molecule has 120 valence electrons. The summed E-state index contributed by atoms with van der Waals surface area (Å²) < 4.78 is 11.6. The average Bonchev–Trinajstić information content (AvgIpc) is 2.48. The van der Waals surface area contributed by atoms with Crippen molar-refractivity contribution >= 4 is 27.6 Å². The largest absolute Gasteiger partial charge is 0.439 e. The van der Waals surface area contributed by atoms with E-state index in [9.17, 15) is 4.79 Å². The van der Waals surface area contributed by atoms with E-state index in [0.717, 1.165) is 4.47 Å². The van der Waals surface area contributed by atoms with Crippen LogP contribution in [-0.2, 0) is 4.74 Å². The average molecular weight is 378 g/mol. The molecule has 1 fully saturated rings. The summed E-state index contributed by atoms with van der Waals surface area (Å²) in [5.74, 6) is 1.56. The van der Waals surface area contributed by atoms with Gasteiger partial charge in [0.05, 0.1) is 25.1 Å². The maximum Gasteiger partial charge on any atom is 0.319 e. The number of nitrogens with zero attached hydrogens (tertiary/aromatic N) is 1. The lowest BCUT2D eigenvalue weighted by Crippen LogP contribution is -2.40. The van der Waals surface area contributed by atoms with Crippen molar-refractivity contribution in [1.82, 2.24) is 10.3 Å². The van der Waals surface area contributed by atoms with Crippen LogP contribution in [0.3, 0.4) is 0 Å². The molecule has 23 heavy (non-hydrogen) atoms. The number of aromatic nitrogens is 1. The van der Waals surface area contributed by atoms with Gasteiger partial charge in [-0.3, -0.25) is 0 Å². The van der Waals surface area contributed by atoms with E-state index in [1.54, 1.807) is 18.3 Å². The summed E-state index contributed by atoms with van der Waals surface area (Å²) in [5, 5.41) is 5.53. The topological polar surface area (TPSA) is 72.5 Å². The summed E-state index contributed by atoms with van der Waals surface area (Å²) in [6, 6.07) is 10.7. The number of rotatable bonds is 5. The van der Waals surface area contributed by atoms with Crippen LogP contribution < -0.4 is 15.4 Å². The fourth-order valence-electron chi connectivity index (χ4n) is 1.98. The van der Waals surface area contributed by atoms with Crippen molar-refractivity contribution in [1.29, 1.82) is 0 Å². The normalized spacial score (nSPS) is 14.0. The summed E-state index contributed by atoms with van der Waals surface area (Å²) in [6.45, 7) is 2.04. The molecule has 2 aromatic rings. The van der Waals surface area contributed by atoms with Crippen LogP contribution in [-0.4, -0.2) is 30.8 Å². The highest BCUT2D eigenvalue weighted by atomic mass is 79.9. The van der Waals surface area contributed by atoms with Gasteiger partial charge in [0.25, 0.3) is 0 Å². The van der Waals surface area contributed by atoms with Crippen LogP contribution in [0.15, 0.2) is 47.1 Å². The summed E-state index contributed by atoms with van der Waals surface area (Å²) in [4.78, 5) is 15.9. The third-order valence-corrected chi connectivity index (χ3v) is 3.76. The number of ether oxygens (including phenoxy) is 2. The van der Waals surface area contributed by atoms with Gasteiger partial charge < -0.3 is 20.1 Å². The maximum atomic E-state index is 11.7. The number of halogens is 1. The van der Waals surface area contributed by atoms with Gasteiger partial charge in [-0.15, -0.1) is 0 Å². The molecule has 0 bridgehead atoms. The van der Waals surface area contributed by atoms with Gasteiger partial charge in [-0.1, -0.05) is 22.0 Å². The van der Waals surface area contributed by atoms with E-state index in [1.807, 2.05) is 24.3 Å². The molecule has 1 aliphatic heterocycles. The standard InChI is InChI=1S/C16H16BrN3O3/c17-12-2-1-3-14(6-12)23-15-5-4-13(8-18-15)20-16(21)19-7-11-9-22-10-11/h1-6,8,11H,7,9-10H2,(H2,19,20,21). The zero-order chi connectivity index (χ0) is 16.1. The number of hydrogen-bond donors (Lipinski definition) is 2. The van der Waals surface area contributed by atoms with Crippen molar-refractivity contribution in [3.05, 3.63) is 47.1 Å². The molecule has 6 nitrogen and oxygen atoms in total. The molecule has 1 aromatic heterocycles. The molecule has 0 radical (unpaired) electrons. The highest BCUT2D eigenvalue weighted by molar-refractivity contribution is 9.10. The summed E-state index contributed by atoms with van der Waals surface area (Å²) in [6.07, 6.45) is 1.55. The van der Waals surface area contributed by atoms with E-state index in [2.05, 4.69) is 31.5 Å². The lowest BCUT2D eigenvalue weighted by Gasteiger charge is -2.25. The minimum atomic E-state index is -0.251. The van der Waals surface area contributed by atoms with Crippen LogP contribution in [0.5, 0.6) is 11.6 Å². The number of nitrogens with one attached hydrogen (secondary N) is 2. The maximum absolute atomic E-state index is 11.7. The Hall–Kier alpha value is -2.12. The molecule has 2 heterocycles. The third-order valence-electron chi connectivity index (χ3n) is 3.27. The van der Waals surface area contributed by atoms with E-state index in [-0.39, 0.29) is 6.03 Å². The van der Waals surface area contributed by atoms with Gasteiger partial charge in [0.1, 0.15) is 5.75 Å². The number of benzene rings is 1. The highest BCUT2D eigenvalue weighted by Crippen LogP contribution is 2.23. The van der Waals surface area contributed by atoms with E-state index >= 15 is 0 Å². The van der Waals surface area contributed by atoms with E-state index in [4.69, 9.17) is 9.47 Å². The van der Waals surface area contributed by atoms with Crippen molar-refractivity contribution in [2.45, 2.75) is 0 Å². The summed E-state index contributed by atoms with van der Waals surface area (Å²) in [5.41, 5.74) is 0.606. The molecule has 0 aliphatic carbocycles. The fraction of sp³-hybridized carbons (Fsp3) is 0.250. The molecule has 0 saturated carbocycles. The van der Waals surface area contributed by atoms with Gasteiger partial charge in [0, 0.05) is 23.0 Å². The SMILES string of the molecule is O=C(NCC1COC1)Nc1ccc(Oc2cccc(Br)c2)nc1. The van der Waals surface area contributed by atoms with E-state index < -0.39 is 0 Å². The molecule has 2 N–H and O–H groups in total. The second-order valence-corrected chi connectivity index (χ2v) is 6.10. The minimum absolute atomic E-state index is 0.251. The number of pyridine rings is 1. The molecule has 1 saturated heterocycles. The van der Waals surface area contributed by atoms with Crippen LogP contribution >= 0.6 is 15.9 Å². The molecule has 2 amide bonds. The highest BCUT2D eigenvalue weighted by Gasteiger charge is 2.18. The Bertz CT molecular complexity index is 675. The lowest BCUT2D eigenvalue weighted by molar-refractivity contribution is -0.0292. The van der Waals surface area contributed by atoms with Crippen molar-refractivity contribution < 1.29 is 14.3 Å². The van der Waals surface area contributed by atoms with Crippen LogP contribution in [0.1, 0.15) is 0 Å². The van der Waals surface area contributed by atoms with Gasteiger partial charge in [-0.25, -0.2) is 9.78 Å². The van der Waals surface area contributed by atoms with Crippen molar-refractivity contribution in [3.63, 3.8) is 0 Å². The predicted molar refractivity (Wildman–Crippen MR) is 89.8 cm³/mol. The number of anilines is 1. The first-order valence-electron chi connectivity index (χ1n) is 7.21. The van der Waals surface area contributed by atoms with Crippen LogP contribution in [0.4, 0.5) is 10.5 Å². The Morgan fingerprint density at radius 2 is 2.22 bits per heavy atom. The van der Waals surface area contributed by atoms with Crippen molar-refractivity contribution in [2.75, 3.05) is 25.1 Å². The quantitative estimate of drug-likeness (QED) is 0.837. The van der Waals surface area contributed by atoms with Gasteiger partial charge in [0.2, 0.25) is 5.88 Å². The monoisotopic (exact) mass is 377 g/mol. The molecule has 7 heteroatoms. The number of hydrogen-bond acceptors (Lipinski definition) is 4. The number of amides is 2. The number of carbonyl (C=O) groups is 1. The van der Waals surface area contributed by atoms with E-state index in [0.29, 0.717) is 43.0 Å². The predicted octanol–water partition coefficient (Wildman–Crippen LogP) is 3.40. The van der Waals surface area contributed by atoms with Crippen molar-refractivity contribution in [2.24, 2.45) is 5.92 Å². The zero-order valence-corrected chi connectivity index (χ0v) is 13.9. The van der Waals surface area contributed by atoms with Crippen LogP contribution in [0.25, 0.3) is 0 Å². The molecule has 0 spiro atoms. The Kier molecular flexibility index (Phi) is 5.09. The number of carbonyl (C=O) groups excluding carboxylic acids is 1. The van der Waals surface area contributed by atoms with E-state index in [1.165, 1.54) is 0 Å². The first kappa shape index (κ1) is 15.8. The molecular weight excluding hydrogens is 362 g/mol. The minimum Gasteiger partial charge on any atom is -0.439 e. The number of urea groups is 1. The van der Waals surface area contributed by atoms with Gasteiger partial charge in [0.15, 0.2) is 0 Å². The zero-order valence-electron chi connectivity index (χ0n) is 12.3. The second kappa shape index (κ2) is 7.43. The molecule has 1 aliphatic rings. The molecule has 0 unspecified atom stereocenters. The third kappa shape index (κ3) is 4.67. The molecule has 3 rings (SSSR count). The van der Waals surface area contributed by atoms with Crippen LogP contribution in [0.2, 0.25) is 0 Å². The van der Waals surface area contributed by atoms with Crippen molar-refractivity contribution in [3.8, 4) is 11.6 Å². The Morgan fingerprint density at radius 1 is 1.35 bits per heavy atom. The Labute approximate surface area is 142 Å². The smallest absolute Gasteiger partial charge is 0.319 e. The first-order chi connectivity index (χ1) is 11.2. The van der Waals surface area contributed by atoms with Gasteiger partial charge >= 0.3 is 6.03 Å². The Balaban J connectivity index is 1.51. The van der Waals surface area contributed by atoms with Gasteiger partial charge in [-0.2, -0.15) is 0 Å². The first-order valence-corrected chi connectivity index (χ1v) is 8.00. The second-order valence-electron chi connectivity index (χ2n) is 5.18.